The Bertz CT molecular complexity index is 651. The molecule has 0 aliphatic rings. The Morgan fingerprint density at radius 3 is 2.63 bits per heavy atom. The molecule has 2 heterocycles. The molecule has 0 saturated heterocycles. The van der Waals surface area contributed by atoms with Gasteiger partial charge in [0.2, 0.25) is 0 Å². The van der Waals surface area contributed by atoms with Crippen molar-refractivity contribution < 1.29 is 4.79 Å². The number of aromatic nitrogens is 3. The van der Waals surface area contributed by atoms with Gasteiger partial charge >= 0.3 is 0 Å². The first-order chi connectivity index (χ1) is 9.01. The molecule has 0 amide bonds. The fourth-order valence-corrected chi connectivity index (χ4v) is 2.52. The molecule has 19 heavy (non-hydrogen) atoms. The first-order valence-electron chi connectivity index (χ1n) is 5.69. The molecular weight excluding hydrogens is 260 g/mol. The topological polar surface area (TPSA) is 79.5 Å². The van der Waals surface area contributed by atoms with Crippen molar-refractivity contribution in [2.45, 2.75) is 26.7 Å². The monoisotopic (exact) mass is 272 g/mol. The summed E-state index contributed by atoms with van der Waals surface area (Å²) < 4.78 is 0. The first-order valence-corrected chi connectivity index (χ1v) is 6.51. The molecule has 0 radical (unpaired) electrons. The van der Waals surface area contributed by atoms with Crippen LogP contribution in [0.3, 0.4) is 0 Å². The van der Waals surface area contributed by atoms with E-state index in [0.29, 0.717) is 16.4 Å². The van der Waals surface area contributed by atoms with Crippen molar-refractivity contribution in [2.75, 3.05) is 0 Å². The zero-order chi connectivity index (χ0) is 14.0. The van der Waals surface area contributed by atoms with Crippen molar-refractivity contribution in [1.82, 2.24) is 15.0 Å². The number of hydrogen-bond donors (Lipinski definition) is 0. The van der Waals surface area contributed by atoms with Gasteiger partial charge < -0.3 is 0 Å². The Balaban J connectivity index is 2.40. The van der Waals surface area contributed by atoms with E-state index in [1.165, 1.54) is 17.5 Å². The average Bonchev–Trinajstić information content (AvgIpc) is 2.75. The lowest BCUT2D eigenvalue weighted by molar-refractivity contribution is 0.0981. The van der Waals surface area contributed by atoms with Crippen LogP contribution in [0.2, 0.25) is 0 Å². The summed E-state index contributed by atoms with van der Waals surface area (Å²) in [5.41, 5.74) is 1.19. The number of rotatable bonds is 3. The van der Waals surface area contributed by atoms with E-state index in [1.807, 2.05) is 19.9 Å². The second-order valence-electron chi connectivity index (χ2n) is 4.15. The Hall–Kier alpha value is -2.13. The van der Waals surface area contributed by atoms with Gasteiger partial charge in [-0.2, -0.15) is 5.26 Å². The van der Waals surface area contributed by atoms with Gasteiger partial charge in [-0.15, -0.1) is 11.3 Å². The normalized spacial score (nSPS) is 11.9. The SMILES string of the molecule is Cc1cc(C(C#N)C(=O)c2cnc(C)s2)nc(C)n1. The Kier molecular flexibility index (Phi) is 3.67. The molecule has 0 aliphatic heterocycles. The standard InChI is InChI=1S/C13H12N4OS/c1-7-4-11(17-8(2)16-7)10(5-14)13(18)12-6-15-9(3)19-12/h4,6,10H,1-3H3. The van der Waals surface area contributed by atoms with Crippen molar-refractivity contribution in [3.63, 3.8) is 0 Å². The molecule has 0 N–H and O–H groups in total. The Morgan fingerprint density at radius 2 is 2.11 bits per heavy atom. The van der Waals surface area contributed by atoms with E-state index in [9.17, 15) is 10.1 Å². The van der Waals surface area contributed by atoms with Gasteiger partial charge in [-0.3, -0.25) is 4.79 Å². The predicted octanol–water partition coefficient (Wildman–Crippen LogP) is 2.35. The summed E-state index contributed by atoms with van der Waals surface area (Å²) in [6.45, 7) is 5.38. The summed E-state index contributed by atoms with van der Waals surface area (Å²) in [5.74, 6) is -0.602. The van der Waals surface area contributed by atoms with Gasteiger partial charge in [0.15, 0.2) is 11.7 Å². The van der Waals surface area contributed by atoms with E-state index in [1.54, 1.807) is 13.0 Å². The van der Waals surface area contributed by atoms with Crippen LogP contribution >= 0.6 is 11.3 Å². The lowest BCUT2D eigenvalue weighted by Gasteiger charge is -2.07. The van der Waals surface area contributed by atoms with E-state index in [-0.39, 0.29) is 5.78 Å². The molecule has 2 rings (SSSR count). The summed E-state index contributed by atoms with van der Waals surface area (Å²) in [4.78, 5) is 25.2. The van der Waals surface area contributed by atoms with Crippen molar-refractivity contribution >= 4 is 17.1 Å². The number of Topliss-reactive ketones (excluding diaryl/α,β-unsaturated/α-hetero) is 1. The summed E-state index contributed by atoms with van der Waals surface area (Å²) in [6.07, 6.45) is 1.51. The lowest BCUT2D eigenvalue weighted by Crippen LogP contribution is -2.13. The van der Waals surface area contributed by atoms with Crippen LogP contribution in [-0.2, 0) is 0 Å². The third kappa shape index (κ3) is 2.83. The maximum atomic E-state index is 12.3. The third-order valence-electron chi connectivity index (χ3n) is 2.54. The van der Waals surface area contributed by atoms with E-state index >= 15 is 0 Å². The van der Waals surface area contributed by atoms with Crippen LogP contribution in [0, 0.1) is 32.1 Å². The number of nitriles is 1. The molecule has 96 valence electrons. The Labute approximate surface area is 115 Å². The summed E-state index contributed by atoms with van der Waals surface area (Å²) >= 11 is 1.29. The number of thiazole rings is 1. The fraction of sp³-hybridized carbons (Fsp3) is 0.308. The summed E-state index contributed by atoms with van der Waals surface area (Å²) in [7, 11) is 0. The zero-order valence-corrected chi connectivity index (χ0v) is 11.7. The van der Waals surface area contributed by atoms with Gasteiger partial charge in [0.1, 0.15) is 5.82 Å². The highest BCUT2D eigenvalue weighted by Gasteiger charge is 2.25. The van der Waals surface area contributed by atoms with E-state index < -0.39 is 5.92 Å². The lowest BCUT2D eigenvalue weighted by atomic mass is 10.00. The first kappa shape index (κ1) is 13.3. The number of nitrogens with zero attached hydrogens (tertiary/aromatic N) is 4. The molecular formula is C13H12N4OS. The number of carbonyl (C=O) groups excluding carboxylic acids is 1. The molecule has 1 unspecified atom stereocenters. The quantitative estimate of drug-likeness (QED) is 0.801. The van der Waals surface area contributed by atoms with Crippen LogP contribution in [-0.4, -0.2) is 20.7 Å². The average molecular weight is 272 g/mol. The zero-order valence-electron chi connectivity index (χ0n) is 10.8. The van der Waals surface area contributed by atoms with Crippen LogP contribution < -0.4 is 0 Å². The highest BCUT2D eigenvalue weighted by molar-refractivity contribution is 7.13. The predicted molar refractivity (Wildman–Crippen MR) is 71.0 cm³/mol. The largest absolute Gasteiger partial charge is 0.291 e. The van der Waals surface area contributed by atoms with E-state index in [4.69, 9.17) is 0 Å². The molecule has 2 aromatic heterocycles. The van der Waals surface area contributed by atoms with Crippen molar-refractivity contribution in [3.05, 3.63) is 39.4 Å². The molecule has 0 aliphatic carbocycles. The molecule has 6 heteroatoms. The molecule has 2 aromatic rings. The summed E-state index contributed by atoms with van der Waals surface area (Å²) in [6, 6.07) is 3.69. The third-order valence-corrected chi connectivity index (χ3v) is 3.46. The fourth-order valence-electron chi connectivity index (χ4n) is 1.77. The van der Waals surface area contributed by atoms with E-state index in [0.717, 1.165) is 10.7 Å². The van der Waals surface area contributed by atoms with Gasteiger partial charge in [-0.25, -0.2) is 15.0 Å². The van der Waals surface area contributed by atoms with Gasteiger partial charge in [-0.05, 0) is 26.8 Å². The molecule has 0 aromatic carbocycles. The highest BCUT2D eigenvalue weighted by atomic mass is 32.1. The smallest absolute Gasteiger partial charge is 0.197 e. The van der Waals surface area contributed by atoms with Gasteiger partial charge in [0.25, 0.3) is 0 Å². The van der Waals surface area contributed by atoms with Crippen molar-refractivity contribution in [1.29, 1.82) is 5.26 Å². The minimum absolute atomic E-state index is 0.259. The second-order valence-corrected chi connectivity index (χ2v) is 5.39. The van der Waals surface area contributed by atoms with Crippen molar-refractivity contribution in [3.8, 4) is 6.07 Å². The minimum Gasteiger partial charge on any atom is -0.291 e. The molecule has 5 nitrogen and oxygen atoms in total. The van der Waals surface area contributed by atoms with Gasteiger partial charge in [-0.1, -0.05) is 0 Å². The number of aryl methyl sites for hydroxylation is 3. The number of ketones is 1. The van der Waals surface area contributed by atoms with E-state index in [2.05, 4.69) is 15.0 Å². The highest BCUT2D eigenvalue weighted by Crippen LogP contribution is 2.23. The second kappa shape index (κ2) is 5.24. The van der Waals surface area contributed by atoms with Crippen LogP contribution in [0.25, 0.3) is 0 Å². The molecule has 0 bridgehead atoms. The summed E-state index contributed by atoms with van der Waals surface area (Å²) in [5, 5.41) is 10.1. The molecule has 1 atom stereocenters. The molecule has 0 fully saturated rings. The minimum atomic E-state index is -0.903. The maximum absolute atomic E-state index is 12.3. The van der Waals surface area contributed by atoms with Gasteiger partial charge in [0.05, 0.1) is 21.6 Å². The van der Waals surface area contributed by atoms with Crippen LogP contribution in [0.4, 0.5) is 0 Å². The molecule has 0 saturated carbocycles. The molecule has 0 spiro atoms. The van der Waals surface area contributed by atoms with Gasteiger partial charge in [0, 0.05) is 11.9 Å². The van der Waals surface area contributed by atoms with Crippen LogP contribution in [0.1, 0.15) is 37.8 Å². The van der Waals surface area contributed by atoms with Crippen LogP contribution in [0.5, 0.6) is 0 Å². The number of carbonyl (C=O) groups is 1. The van der Waals surface area contributed by atoms with Crippen molar-refractivity contribution in [2.24, 2.45) is 0 Å². The number of hydrogen-bond acceptors (Lipinski definition) is 6. The Morgan fingerprint density at radius 1 is 1.37 bits per heavy atom. The van der Waals surface area contributed by atoms with Crippen LogP contribution in [0.15, 0.2) is 12.3 Å². The maximum Gasteiger partial charge on any atom is 0.197 e.